The molecule has 218 valence electrons. The molecule has 42 heavy (non-hydrogen) atoms. The summed E-state index contributed by atoms with van der Waals surface area (Å²) in [5, 5.41) is 0. The molecule has 0 aliphatic heterocycles. The summed E-state index contributed by atoms with van der Waals surface area (Å²) in [6, 6.07) is 39.1. The Labute approximate surface area is 273 Å². The minimum absolute atomic E-state index is 0.597. The Morgan fingerprint density at radius 2 is 1.02 bits per heavy atom. The first kappa shape index (κ1) is 32.7. The molecule has 0 heterocycles. The normalized spacial score (nSPS) is 12.5. The van der Waals surface area contributed by atoms with Crippen LogP contribution >= 0.6 is 48.0 Å². The fourth-order valence-electron chi connectivity index (χ4n) is 5.23. The quantitative estimate of drug-likeness (QED) is 0.0950. The molecule has 4 heteroatoms. The molecule has 0 saturated carbocycles. The van der Waals surface area contributed by atoms with Crippen LogP contribution in [0.1, 0.15) is 97.6 Å². The van der Waals surface area contributed by atoms with Crippen LogP contribution in [-0.4, -0.2) is 8.39 Å². The van der Waals surface area contributed by atoms with Gasteiger partial charge in [0.2, 0.25) is 0 Å². The summed E-state index contributed by atoms with van der Waals surface area (Å²) in [5.74, 6) is 3.09. The van der Waals surface area contributed by atoms with Crippen LogP contribution in [0.25, 0.3) is 0 Å². The lowest BCUT2D eigenvalue weighted by molar-refractivity contribution is 0.521. The lowest BCUT2D eigenvalue weighted by Crippen LogP contribution is -1.99. The van der Waals surface area contributed by atoms with E-state index in [4.69, 9.17) is 24.4 Å². The van der Waals surface area contributed by atoms with Gasteiger partial charge in [0.05, 0.1) is 8.39 Å². The molecule has 0 fully saturated rings. The first-order valence-corrected chi connectivity index (χ1v) is 17.9. The molecule has 2 atom stereocenters. The molecule has 0 aliphatic carbocycles. The summed E-state index contributed by atoms with van der Waals surface area (Å²) in [7, 11) is 0. The number of benzene rings is 4. The van der Waals surface area contributed by atoms with Crippen LogP contribution in [-0.2, 0) is 11.5 Å². The zero-order valence-corrected chi connectivity index (χ0v) is 28.1. The first-order valence-electron chi connectivity index (χ1n) is 15.2. The summed E-state index contributed by atoms with van der Waals surface area (Å²) in [4.78, 5) is 0. The van der Waals surface area contributed by atoms with Gasteiger partial charge in [-0.25, -0.2) is 0 Å². The summed E-state index contributed by atoms with van der Waals surface area (Å²) in [6.45, 7) is 4.70. The molecule has 4 rings (SSSR count). The molecule has 4 aromatic carbocycles. The fraction of sp³-hybridized carbons (Fsp3) is 0.316. The molecule has 0 N–H and O–H groups in total. The van der Waals surface area contributed by atoms with E-state index in [-0.39, 0.29) is 0 Å². The van der Waals surface area contributed by atoms with Gasteiger partial charge in [-0.2, -0.15) is 0 Å². The van der Waals surface area contributed by atoms with Crippen molar-refractivity contribution < 1.29 is 0 Å². The Morgan fingerprint density at radius 3 is 1.50 bits per heavy atom. The number of thioether (sulfide) groups is 2. The average molecular weight is 627 g/mol. The molecule has 0 amide bonds. The van der Waals surface area contributed by atoms with Crippen molar-refractivity contribution in [1.82, 2.24) is 0 Å². The van der Waals surface area contributed by atoms with Crippen molar-refractivity contribution in [1.29, 1.82) is 0 Å². The Morgan fingerprint density at radius 1 is 0.571 bits per heavy atom. The number of rotatable bonds is 15. The Kier molecular flexibility index (Phi) is 13.8. The van der Waals surface area contributed by atoms with Crippen LogP contribution in [0.5, 0.6) is 0 Å². The highest BCUT2D eigenvalue weighted by molar-refractivity contribution is 8.23. The Hall–Kier alpha value is -2.24. The van der Waals surface area contributed by atoms with Crippen molar-refractivity contribution in [2.45, 2.75) is 75.7 Å². The van der Waals surface area contributed by atoms with Crippen LogP contribution in [0, 0.1) is 0 Å². The molecular weight excluding hydrogens is 585 g/mol. The lowest BCUT2D eigenvalue weighted by atomic mass is 9.89. The predicted octanol–water partition coefficient (Wildman–Crippen LogP) is 12.2. The summed E-state index contributed by atoms with van der Waals surface area (Å²) in [6.07, 6.45) is 7.61. The fourth-order valence-corrected chi connectivity index (χ4v) is 7.44. The maximum Gasteiger partial charge on any atom is 0.0781 e. The monoisotopic (exact) mass is 626 g/mol. The van der Waals surface area contributed by atoms with Gasteiger partial charge in [-0.05, 0) is 64.5 Å². The molecule has 0 saturated heterocycles. The minimum atomic E-state index is 0.597. The van der Waals surface area contributed by atoms with Gasteiger partial charge in [0.25, 0.3) is 0 Å². The van der Waals surface area contributed by atoms with Crippen LogP contribution in [0.2, 0.25) is 0 Å². The second-order valence-corrected chi connectivity index (χ2v) is 14.3. The molecule has 0 aromatic heterocycles. The third kappa shape index (κ3) is 10.5. The van der Waals surface area contributed by atoms with Gasteiger partial charge >= 0.3 is 0 Å². The average Bonchev–Trinajstić information content (AvgIpc) is 3.05. The number of thiocarbonyl (C=S) groups is 2. The van der Waals surface area contributed by atoms with Crippen molar-refractivity contribution in [3.63, 3.8) is 0 Å². The second kappa shape index (κ2) is 17.8. The van der Waals surface area contributed by atoms with Gasteiger partial charge in [0, 0.05) is 11.5 Å². The topological polar surface area (TPSA) is 0 Å². The van der Waals surface area contributed by atoms with E-state index in [9.17, 15) is 0 Å². The molecule has 4 aromatic rings. The van der Waals surface area contributed by atoms with Crippen LogP contribution in [0.3, 0.4) is 0 Å². The Bertz CT molecular complexity index is 1360. The van der Waals surface area contributed by atoms with E-state index in [1.54, 1.807) is 23.5 Å². The largest absolute Gasteiger partial charge is 0.109 e. The smallest absolute Gasteiger partial charge is 0.0781 e. The molecule has 0 nitrogen and oxygen atoms in total. The van der Waals surface area contributed by atoms with E-state index in [1.165, 1.54) is 60.8 Å². The van der Waals surface area contributed by atoms with Gasteiger partial charge in [-0.1, -0.05) is 167 Å². The lowest BCUT2D eigenvalue weighted by Gasteiger charge is -2.17. The molecule has 0 bridgehead atoms. The molecule has 0 radical (unpaired) electrons. The van der Waals surface area contributed by atoms with Crippen molar-refractivity contribution >= 4 is 56.4 Å². The highest BCUT2D eigenvalue weighted by Crippen LogP contribution is 2.29. The van der Waals surface area contributed by atoms with E-state index in [0.29, 0.717) is 11.8 Å². The van der Waals surface area contributed by atoms with Crippen LogP contribution < -0.4 is 0 Å². The van der Waals surface area contributed by atoms with Crippen LogP contribution in [0.4, 0.5) is 0 Å². The van der Waals surface area contributed by atoms with Gasteiger partial charge in [-0.15, -0.1) is 23.5 Å². The molecule has 0 aliphatic rings. The van der Waals surface area contributed by atoms with E-state index >= 15 is 0 Å². The predicted molar refractivity (Wildman–Crippen MR) is 196 cm³/mol. The third-order valence-electron chi connectivity index (χ3n) is 7.94. The van der Waals surface area contributed by atoms with Crippen LogP contribution in [0.15, 0.2) is 109 Å². The highest BCUT2D eigenvalue weighted by atomic mass is 32.2. The molecule has 0 spiro atoms. The summed E-state index contributed by atoms with van der Waals surface area (Å²) in [5.41, 5.74) is 7.88. The molecule has 2 unspecified atom stereocenters. The van der Waals surface area contributed by atoms with E-state index in [2.05, 4.69) is 86.6 Å². The number of unbranched alkanes of at least 4 members (excludes halogenated alkanes) is 2. The SMILES string of the molecule is CCC(CCCCCC(C)c1ccc(CSC(=S)c2ccccc2)cc1)c1ccc(CSC(=S)c2ccccc2)cc1. The summed E-state index contributed by atoms with van der Waals surface area (Å²) < 4.78 is 1.94. The van der Waals surface area contributed by atoms with Crippen molar-refractivity contribution in [2.75, 3.05) is 0 Å². The Balaban J connectivity index is 1.13. The van der Waals surface area contributed by atoms with E-state index in [1.807, 2.05) is 36.4 Å². The van der Waals surface area contributed by atoms with Gasteiger partial charge in [-0.3, -0.25) is 0 Å². The number of hydrogen-bond donors (Lipinski definition) is 0. The van der Waals surface area contributed by atoms with E-state index in [0.717, 1.165) is 31.0 Å². The highest BCUT2D eigenvalue weighted by Gasteiger charge is 2.11. The van der Waals surface area contributed by atoms with Gasteiger partial charge < -0.3 is 0 Å². The number of hydrogen-bond acceptors (Lipinski definition) is 4. The second-order valence-electron chi connectivity index (χ2n) is 11.0. The van der Waals surface area contributed by atoms with Crippen molar-refractivity contribution in [2.24, 2.45) is 0 Å². The minimum Gasteiger partial charge on any atom is -0.109 e. The first-order chi connectivity index (χ1) is 20.5. The van der Waals surface area contributed by atoms with Gasteiger partial charge in [0.1, 0.15) is 0 Å². The van der Waals surface area contributed by atoms with Gasteiger partial charge in [0.15, 0.2) is 0 Å². The molecular formula is C38H42S4. The maximum absolute atomic E-state index is 5.61. The zero-order valence-electron chi connectivity index (χ0n) is 24.8. The van der Waals surface area contributed by atoms with Crippen molar-refractivity contribution in [3.05, 3.63) is 143 Å². The summed E-state index contributed by atoms with van der Waals surface area (Å²) >= 11 is 14.7. The standard InChI is InChI=1S/C38H42S4/c1-3-32(34-25-21-31(22-26-34)28-42-38(40)36-17-11-6-12-18-36)14-8-4-7-13-29(2)33-23-19-30(20-24-33)27-41-37(39)35-15-9-5-10-16-35/h5-6,9-12,15-26,29,32H,3-4,7-8,13-14,27-28H2,1-2H3. The maximum atomic E-state index is 5.61. The van der Waals surface area contributed by atoms with Crippen molar-refractivity contribution in [3.8, 4) is 0 Å². The van der Waals surface area contributed by atoms with E-state index < -0.39 is 0 Å². The third-order valence-corrected chi connectivity index (χ3v) is 11.1. The zero-order chi connectivity index (χ0) is 29.6.